The molecule has 26 heavy (non-hydrogen) atoms. The lowest BCUT2D eigenvalue weighted by Crippen LogP contribution is -2.47. The van der Waals surface area contributed by atoms with E-state index < -0.39 is 0 Å². The van der Waals surface area contributed by atoms with Gasteiger partial charge in [0.1, 0.15) is 0 Å². The van der Waals surface area contributed by atoms with Crippen LogP contribution in [0.1, 0.15) is 41.3 Å². The highest BCUT2D eigenvalue weighted by atomic mass is 127. The molecular weight excluding hydrogens is 461 g/mol. The van der Waals surface area contributed by atoms with Crippen molar-refractivity contribution in [3.8, 4) is 0 Å². The average Bonchev–Trinajstić information content (AvgIpc) is 2.90. The lowest BCUT2D eigenvalue weighted by Gasteiger charge is -2.31. The topological polar surface area (TPSA) is 69.6 Å². The number of halogens is 1. The Bertz CT molecular complexity index is 617. The summed E-state index contributed by atoms with van der Waals surface area (Å²) in [7, 11) is 5.47. The molecule has 148 valence electrons. The van der Waals surface area contributed by atoms with Crippen LogP contribution >= 0.6 is 35.3 Å². The van der Waals surface area contributed by atoms with Gasteiger partial charge in [-0.05, 0) is 33.1 Å². The van der Waals surface area contributed by atoms with Crippen molar-refractivity contribution in [3.05, 3.63) is 15.6 Å². The molecule has 2 unspecified atom stereocenters. The molecule has 0 aromatic carbocycles. The zero-order chi connectivity index (χ0) is 18.4. The normalized spacial score (nSPS) is 20.3. The van der Waals surface area contributed by atoms with Crippen LogP contribution in [0.25, 0.3) is 0 Å². The van der Waals surface area contributed by atoms with Gasteiger partial charge in [-0.1, -0.05) is 6.42 Å². The van der Waals surface area contributed by atoms with Crippen LogP contribution in [0.4, 0.5) is 0 Å². The molecule has 1 aromatic rings. The Labute approximate surface area is 178 Å². The Kier molecular flexibility index (Phi) is 9.84. The predicted octanol–water partition coefficient (Wildman–Crippen LogP) is 2.73. The third-order valence-corrected chi connectivity index (χ3v) is 5.81. The van der Waals surface area contributed by atoms with Gasteiger partial charge in [0.2, 0.25) is 5.91 Å². The summed E-state index contributed by atoms with van der Waals surface area (Å²) >= 11 is 1.76. The number of thiazole rings is 1. The van der Waals surface area contributed by atoms with Crippen LogP contribution in [0, 0.1) is 19.8 Å². The molecule has 2 rings (SSSR count). The summed E-state index contributed by atoms with van der Waals surface area (Å²) in [6, 6.07) is 0.307. The van der Waals surface area contributed by atoms with Gasteiger partial charge < -0.3 is 15.5 Å². The van der Waals surface area contributed by atoms with Crippen LogP contribution < -0.4 is 10.6 Å². The van der Waals surface area contributed by atoms with E-state index in [2.05, 4.69) is 27.5 Å². The smallest absolute Gasteiger partial charge is 0.225 e. The van der Waals surface area contributed by atoms with E-state index in [1.807, 2.05) is 21.0 Å². The van der Waals surface area contributed by atoms with Crippen molar-refractivity contribution in [2.45, 2.75) is 52.0 Å². The fourth-order valence-electron chi connectivity index (χ4n) is 3.40. The number of aliphatic imine (C=N–C) groups is 1. The van der Waals surface area contributed by atoms with Crippen molar-refractivity contribution in [1.82, 2.24) is 20.5 Å². The summed E-state index contributed by atoms with van der Waals surface area (Å²) in [5, 5.41) is 8.00. The molecule has 1 saturated carbocycles. The Morgan fingerprint density at radius 2 is 2.08 bits per heavy atom. The Hall–Kier alpha value is -0.900. The van der Waals surface area contributed by atoms with E-state index in [0.717, 1.165) is 55.3 Å². The van der Waals surface area contributed by atoms with Gasteiger partial charge in [-0.2, -0.15) is 0 Å². The minimum atomic E-state index is 0. The Morgan fingerprint density at radius 3 is 2.65 bits per heavy atom. The van der Waals surface area contributed by atoms with E-state index in [0.29, 0.717) is 6.04 Å². The van der Waals surface area contributed by atoms with Crippen LogP contribution in [0.5, 0.6) is 0 Å². The summed E-state index contributed by atoms with van der Waals surface area (Å²) in [6.45, 7) is 4.94. The van der Waals surface area contributed by atoms with Gasteiger partial charge in [-0.25, -0.2) is 4.98 Å². The zero-order valence-electron chi connectivity index (χ0n) is 16.5. The molecule has 1 aromatic heterocycles. The van der Waals surface area contributed by atoms with Gasteiger partial charge in [-0.15, -0.1) is 35.3 Å². The number of carbonyl (C=O) groups is 1. The van der Waals surface area contributed by atoms with Crippen molar-refractivity contribution in [3.63, 3.8) is 0 Å². The van der Waals surface area contributed by atoms with Gasteiger partial charge >= 0.3 is 0 Å². The number of hydrogen-bond donors (Lipinski definition) is 2. The molecule has 0 aliphatic heterocycles. The van der Waals surface area contributed by atoms with Crippen molar-refractivity contribution in [1.29, 1.82) is 0 Å². The summed E-state index contributed by atoms with van der Waals surface area (Å²) in [4.78, 5) is 24.0. The average molecular weight is 493 g/mol. The SMILES string of the molecule is CN=C(NCCc1sc(C)nc1C)NC1CCCC(C(=O)N(C)C)C1.I. The highest BCUT2D eigenvalue weighted by Crippen LogP contribution is 2.25. The van der Waals surface area contributed by atoms with Crippen LogP contribution in [0.2, 0.25) is 0 Å². The van der Waals surface area contributed by atoms with Crippen molar-refractivity contribution < 1.29 is 4.79 Å². The molecule has 1 fully saturated rings. The molecule has 8 heteroatoms. The largest absolute Gasteiger partial charge is 0.356 e. The predicted molar refractivity (Wildman–Crippen MR) is 120 cm³/mol. The van der Waals surface area contributed by atoms with E-state index in [1.165, 1.54) is 4.88 Å². The van der Waals surface area contributed by atoms with Crippen LogP contribution in [-0.4, -0.2) is 55.5 Å². The van der Waals surface area contributed by atoms with Gasteiger partial charge in [0.05, 0.1) is 10.7 Å². The van der Waals surface area contributed by atoms with E-state index >= 15 is 0 Å². The van der Waals surface area contributed by atoms with E-state index in [1.54, 1.807) is 23.3 Å². The lowest BCUT2D eigenvalue weighted by molar-refractivity contribution is -0.134. The second-order valence-electron chi connectivity index (χ2n) is 6.93. The second kappa shape index (κ2) is 11.1. The fraction of sp³-hybridized carbons (Fsp3) is 0.722. The molecule has 2 atom stereocenters. The first-order chi connectivity index (χ1) is 11.9. The molecule has 0 spiro atoms. The zero-order valence-corrected chi connectivity index (χ0v) is 19.6. The van der Waals surface area contributed by atoms with Gasteiger partial charge in [-0.3, -0.25) is 9.79 Å². The number of guanidine groups is 1. The number of nitrogens with zero attached hydrogens (tertiary/aromatic N) is 3. The van der Waals surface area contributed by atoms with Gasteiger partial charge in [0.15, 0.2) is 5.96 Å². The van der Waals surface area contributed by atoms with E-state index in [9.17, 15) is 4.79 Å². The van der Waals surface area contributed by atoms with E-state index in [-0.39, 0.29) is 35.8 Å². The number of rotatable bonds is 5. The summed E-state index contributed by atoms with van der Waals surface area (Å²) in [6.07, 6.45) is 4.99. The number of aryl methyl sites for hydroxylation is 2. The molecule has 0 saturated heterocycles. The number of carbonyl (C=O) groups excluding carboxylic acids is 1. The van der Waals surface area contributed by atoms with Crippen LogP contribution in [0.3, 0.4) is 0 Å². The van der Waals surface area contributed by atoms with Crippen molar-refractivity contribution >= 4 is 47.2 Å². The fourth-order valence-corrected chi connectivity index (χ4v) is 4.33. The van der Waals surface area contributed by atoms with Crippen LogP contribution in [-0.2, 0) is 11.2 Å². The quantitative estimate of drug-likeness (QED) is 0.376. The number of aromatic nitrogens is 1. The standard InChI is InChI=1S/C18H31N5OS.HI/c1-12-16(25-13(2)21-12)9-10-20-18(19-3)22-15-8-6-7-14(11-15)17(24)23(4)5;/h14-15H,6-11H2,1-5H3,(H2,19,20,22);1H. The number of hydrogen-bond acceptors (Lipinski definition) is 4. The third-order valence-electron chi connectivity index (χ3n) is 4.67. The number of amides is 1. The number of nitrogens with one attached hydrogen (secondary N) is 2. The molecule has 1 aliphatic rings. The van der Waals surface area contributed by atoms with Crippen molar-refractivity contribution in [2.24, 2.45) is 10.9 Å². The maximum Gasteiger partial charge on any atom is 0.225 e. The molecule has 1 amide bonds. The Morgan fingerprint density at radius 1 is 1.35 bits per heavy atom. The summed E-state index contributed by atoms with van der Waals surface area (Å²) in [5.74, 6) is 1.19. The lowest BCUT2D eigenvalue weighted by atomic mass is 9.85. The maximum atomic E-state index is 12.2. The van der Waals surface area contributed by atoms with Gasteiger partial charge in [0, 0.05) is 50.9 Å². The third kappa shape index (κ3) is 6.68. The second-order valence-corrected chi connectivity index (χ2v) is 8.22. The highest BCUT2D eigenvalue weighted by Gasteiger charge is 2.28. The van der Waals surface area contributed by atoms with Crippen molar-refractivity contribution in [2.75, 3.05) is 27.7 Å². The van der Waals surface area contributed by atoms with Crippen LogP contribution in [0.15, 0.2) is 4.99 Å². The molecule has 6 nitrogen and oxygen atoms in total. The first-order valence-electron chi connectivity index (χ1n) is 9.02. The first-order valence-corrected chi connectivity index (χ1v) is 9.83. The van der Waals surface area contributed by atoms with E-state index in [4.69, 9.17) is 0 Å². The highest BCUT2D eigenvalue weighted by molar-refractivity contribution is 14.0. The minimum absolute atomic E-state index is 0. The molecule has 1 heterocycles. The van der Waals surface area contributed by atoms with Gasteiger partial charge in [0.25, 0.3) is 0 Å². The molecule has 1 aliphatic carbocycles. The summed E-state index contributed by atoms with van der Waals surface area (Å²) < 4.78 is 0. The molecule has 0 radical (unpaired) electrons. The Balaban J connectivity index is 0.00000338. The molecule has 2 N–H and O–H groups in total. The molecular formula is C18H32IN5OS. The minimum Gasteiger partial charge on any atom is -0.356 e. The maximum absolute atomic E-state index is 12.2. The summed E-state index contributed by atoms with van der Waals surface area (Å²) in [5.41, 5.74) is 1.13. The first kappa shape index (κ1) is 23.1. The molecule has 0 bridgehead atoms. The monoisotopic (exact) mass is 493 g/mol.